The molecule has 2 rings (SSSR count). The average molecular weight is 329 g/mol. The fourth-order valence-electron chi connectivity index (χ4n) is 4.59. The summed E-state index contributed by atoms with van der Waals surface area (Å²) in [5, 5.41) is 0. The Morgan fingerprint density at radius 3 is 2.58 bits per heavy atom. The normalized spacial score (nSPS) is 41.5. The molecule has 0 amide bonds. The summed E-state index contributed by atoms with van der Waals surface area (Å²) < 4.78 is 5.06. The van der Waals surface area contributed by atoms with Crippen LogP contribution < -0.4 is 0 Å². The number of methoxy groups -OCH3 is 1. The van der Waals surface area contributed by atoms with E-state index in [2.05, 4.69) is 43.3 Å². The molecule has 4 unspecified atom stereocenters. The summed E-state index contributed by atoms with van der Waals surface area (Å²) in [6, 6.07) is 0. The molecule has 0 saturated heterocycles. The molecule has 0 radical (unpaired) electrons. The minimum absolute atomic E-state index is 0.00377. The van der Waals surface area contributed by atoms with Gasteiger partial charge in [0.15, 0.2) is 0 Å². The quantitative estimate of drug-likeness (QED) is 0.407. The summed E-state index contributed by atoms with van der Waals surface area (Å²) in [4.78, 5) is 12.8. The highest BCUT2D eigenvalue weighted by Crippen LogP contribution is 2.62. The Labute approximate surface area is 125 Å². The summed E-state index contributed by atoms with van der Waals surface area (Å²) in [6.07, 6.45) is 4.26. The van der Waals surface area contributed by atoms with Gasteiger partial charge in [-0.25, -0.2) is 0 Å². The molecular formula is C16H25BrO2. The van der Waals surface area contributed by atoms with Gasteiger partial charge < -0.3 is 4.74 Å². The van der Waals surface area contributed by atoms with E-state index >= 15 is 0 Å². The number of ether oxygens (including phenoxy) is 1. The summed E-state index contributed by atoms with van der Waals surface area (Å²) in [6.45, 7) is 11.1. The Bertz CT molecular complexity index is 394. The molecule has 2 saturated carbocycles. The second-order valence-corrected chi connectivity index (χ2v) is 8.14. The molecule has 0 N–H and O–H groups in total. The highest BCUT2D eigenvalue weighted by Gasteiger charge is 2.57. The largest absolute Gasteiger partial charge is 0.469 e. The van der Waals surface area contributed by atoms with Crippen molar-refractivity contribution in [3.8, 4) is 0 Å². The smallest absolute Gasteiger partial charge is 0.313 e. The van der Waals surface area contributed by atoms with Crippen LogP contribution in [0.1, 0.15) is 46.5 Å². The molecule has 0 heterocycles. The van der Waals surface area contributed by atoms with Gasteiger partial charge in [-0.05, 0) is 42.4 Å². The van der Waals surface area contributed by atoms with Crippen molar-refractivity contribution >= 4 is 21.9 Å². The molecule has 2 aliphatic carbocycles. The minimum Gasteiger partial charge on any atom is -0.469 e. The molecular weight excluding hydrogens is 304 g/mol. The number of fused-ring (bicyclic) bond motifs is 1. The topological polar surface area (TPSA) is 26.3 Å². The van der Waals surface area contributed by atoms with E-state index in [0.717, 1.165) is 31.3 Å². The van der Waals surface area contributed by atoms with Crippen molar-refractivity contribution in [2.75, 3.05) is 7.11 Å². The first-order valence-electron chi connectivity index (χ1n) is 7.14. The van der Waals surface area contributed by atoms with E-state index in [1.165, 1.54) is 7.11 Å². The van der Waals surface area contributed by atoms with Gasteiger partial charge in [0.1, 0.15) is 0 Å². The molecule has 108 valence electrons. The molecule has 2 aliphatic rings. The lowest BCUT2D eigenvalue weighted by molar-refractivity contribution is -0.155. The molecule has 2 nitrogen and oxygen atoms in total. The van der Waals surface area contributed by atoms with E-state index in [0.29, 0.717) is 10.7 Å². The first-order chi connectivity index (χ1) is 8.75. The SMILES string of the molecule is C=C1CCC2C(C)(C)C(Br)CCC2(C)C1C(=O)OC. The highest BCUT2D eigenvalue weighted by atomic mass is 79.9. The monoisotopic (exact) mass is 328 g/mol. The number of hydrogen-bond donors (Lipinski definition) is 0. The zero-order chi connectivity index (χ0) is 14.4. The van der Waals surface area contributed by atoms with Crippen molar-refractivity contribution in [3.63, 3.8) is 0 Å². The molecule has 19 heavy (non-hydrogen) atoms. The zero-order valence-corrected chi connectivity index (χ0v) is 14.0. The van der Waals surface area contributed by atoms with Crippen molar-refractivity contribution < 1.29 is 9.53 Å². The second kappa shape index (κ2) is 4.91. The number of carbonyl (C=O) groups excluding carboxylic acids is 1. The Morgan fingerprint density at radius 1 is 1.37 bits per heavy atom. The van der Waals surface area contributed by atoms with E-state index in [1.807, 2.05) is 0 Å². The molecule has 3 heteroatoms. The van der Waals surface area contributed by atoms with E-state index in [-0.39, 0.29) is 22.7 Å². The van der Waals surface area contributed by atoms with Crippen LogP contribution in [0.3, 0.4) is 0 Å². The zero-order valence-electron chi connectivity index (χ0n) is 12.5. The Kier molecular flexibility index (Phi) is 3.90. The lowest BCUT2D eigenvalue weighted by Gasteiger charge is -2.58. The fourth-order valence-corrected chi connectivity index (χ4v) is 5.14. The van der Waals surface area contributed by atoms with Crippen LogP contribution in [0.4, 0.5) is 0 Å². The summed E-state index contributed by atoms with van der Waals surface area (Å²) in [7, 11) is 1.49. The predicted molar refractivity (Wildman–Crippen MR) is 81.2 cm³/mol. The van der Waals surface area contributed by atoms with Gasteiger partial charge in [-0.3, -0.25) is 4.79 Å². The second-order valence-electron chi connectivity index (χ2n) is 7.04. The van der Waals surface area contributed by atoms with Gasteiger partial charge in [-0.15, -0.1) is 0 Å². The van der Waals surface area contributed by atoms with Gasteiger partial charge in [-0.2, -0.15) is 0 Å². The number of rotatable bonds is 1. The molecule has 0 aromatic heterocycles. The molecule has 0 aromatic carbocycles. The van der Waals surface area contributed by atoms with Crippen LogP contribution in [0.2, 0.25) is 0 Å². The standard InChI is InChI=1S/C16H25BrO2/c1-10-6-7-11-15(2,3)12(17)8-9-16(11,4)13(10)14(18)19-5/h11-13H,1,6-9H2,2-5H3. The van der Waals surface area contributed by atoms with Crippen LogP contribution in [0.15, 0.2) is 12.2 Å². The van der Waals surface area contributed by atoms with Crippen molar-refractivity contribution in [2.45, 2.75) is 51.3 Å². The number of hydrogen-bond acceptors (Lipinski definition) is 2. The number of carbonyl (C=O) groups is 1. The van der Waals surface area contributed by atoms with Crippen LogP contribution in [0.25, 0.3) is 0 Å². The van der Waals surface area contributed by atoms with E-state index in [9.17, 15) is 4.79 Å². The molecule has 4 atom stereocenters. The maximum atomic E-state index is 12.2. The third-order valence-corrected chi connectivity index (χ3v) is 7.33. The van der Waals surface area contributed by atoms with Gasteiger partial charge in [0, 0.05) is 4.83 Å². The Balaban J connectivity index is 2.42. The molecule has 2 fully saturated rings. The van der Waals surface area contributed by atoms with E-state index in [4.69, 9.17) is 4.74 Å². The van der Waals surface area contributed by atoms with Gasteiger partial charge in [0.2, 0.25) is 0 Å². The molecule has 0 aromatic rings. The predicted octanol–water partition coefficient (Wildman–Crippen LogP) is 4.33. The van der Waals surface area contributed by atoms with Crippen molar-refractivity contribution in [3.05, 3.63) is 12.2 Å². The number of esters is 1. The molecule has 0 spiro atoms. The maximum absolute atomic E-state index is 12.2. The molecule has 0 aliphatic heterocycles. The third kappa shape index (κ3) is 2.18. The summed E-state index contributed by atoms with van der Waals surface area (Å²) in [5.41, 5.74) is 1.27. The lowest BCUT2D eigenvalue weighted by atomic mass is 9.47. The van der Waals surface area contributed by atoms with Crippen LogP contribution >= 0.6 is 15.9 Å². The van der Waals surface area contributed by atoms with Crippen LogP contribution in [0.5, 0.6) is 0 Å². The van der Waals surface area contributed by atoms with Crippen LogP contribution in [-0.4, -0.2) is 17.9 Å². The molecule has 0 bridgehead atoms. The van der Waals surface area contributed by atoms with E-state index < -0.39 is 0 Å². The van der Waals surface area contributed by atoms with Crippen LogP contribution in [-0.2, 0) is 9.53 Å². The Morgan fingerprint density at radius 2 is 2.00 bits per heavy atom. The minimum atomic E-state index is -0.129. The summed E-state index contributed by atoms with van der Waals surface area (Å²) >= 11 is 3.85. The fraction of sp³-hybridized carbons (Fsp3) is 0.812. The third-order valence-electron chi connectivity index (χ3n) is 5.70. The number of alkyl halides is 1. The summed E-state index contributed by atoms with van der Waals surface area (Å²) in [5.74, 6) is 0.310. The van der Waals surface area contributed by atoms with Gasteiger partial charge in [-0.1, -0.05) is 48.9 Å². The highest BCUT2D eigenvalue weighted by molar-refractivity contribution is 9.09. The Hall–Kier alpha value is -0.310. The van der Waals surface area contributed by atoms with Crippen molar-refractivity contribution in [1.82, 2.24) is 0 Å². The first-order valence-corrected chi connectivity index (χ1v) is 8.06. The van der Waals surface area contributed by atoms with Gasteiger partial charge >= 0.3 is 5.97 Å². The van der Waals surface area contributed by atoms with E-state index in [1.54, 1.807) is 0 Å². The number of halogens is 1. The van der Waals surface area contributed by atoms with Gasteiger partial charge in [0.05, 0.1) is 13.0 Å². The maximum Gasteiger partial charge on any atom is 0.313 e. The van der Waals surface area contributed by atoms with Gasteiger partial charge in [0.25, 0.3) is 0 Å². The average Bonchev–Trinajstić information content (AvgIpc) is 2.33. The van der Waals surface area contributed by atoms with Crippen LogP contribution in [0, 0.1) is 22.7 Å². The lowest BCUT2D eigenvalue weighted by Crippen LogP contribution is -2.55. The van der Waals surface area contributed by atoms with Crippen molar-refractivity contribution in [1.29, 1.82) is 0 Å². The first kappa shape index (κ1) is 15.1. The van der Waals surface area contributed by atoms with Crippen molar-refractivity contribution in [2.24, 2.45) is 22.7 Å².